The van der Waals surface area contributed by atoms with Crippen LogP contribution >= 0.6 is 12.4 Å². The number of halogens is 4. The number of hydrogen-bond donors (Lipinski definition) is 1. The van der Waals surface area contributed by atoms with E-state index in [1.165, 1.54) is 0 Å². The highest BCUT2D eigenvalue weighted by atomic mass is 35.5. The highest BCUT2D eigenvalue weighted by molar-refractivity contribution is 5.85. The van der Waals surface area contributed by atoms with E-state index in [2.05, 4.69) is 24.1 Å². The number of nitrogens with one attached hydrogen (secondary N) is 1. The van der Waals surface area contributed by atoms with Crippen molar-refractivity contribution >= 4 is 18.3 Å². The van der Waals surface area contributed by atoms with Gasteiger partial charge in [-0.1, -0.05) is 13.8 Å². The number of rotatable bonds is 7. The minimum Gasteiger partial charge on any atom is -0.383 e. The van der Waals surface area contributed by atoms with Crippen LogP contribution in [0.3, 0.4) is 0 Å². The van der Waals surface area contributed by atoms with Crippen LogP contribution < -0.4 is 5.32 Å². The van der Waals surface area contributed by atoms with Gasteiger partial charge in [-0.25, -0.2) is 0 Å². The molecule has 0 bridgehead atoms. The van der Waals surface area contributed by atoms with Crippen molar-refractivity contribution in [3.05, 3.63) is 0 Å². The van der Waals surface area contributed by atoms with Crippen LogP contribution in [0.2, 0.25) is 0 Å². The van der Waals surface area contributed by atoms with Gasteiger partial charge < -0.3 is 10.1 Å². The topological polar surface area (TPSA) is 41.6 Å². The number of likely N-dealkylation sites (tertiary alicyclic amines) is 1. The molecule has 4 nitrogen and oxygen atoms in total. The molecule has 1 heterocycles. The fourth-order valence-corrected chi connectivity index (χ4v) is 2.68. The maximum absolute atomic E-state index is 12.1. The number of amides is 1. The van der Waals surface area contributed by atoms with Crippen LogP contribution in [0.1, 0.15) is 26.7 Å². The van der Waals surface area contributed by atoms with Gasteiger partial charge in [0.2, 0.25) is 5.91 Å². The Hall–Kier alpha value is -0.530. The van der Waals surface area contributed by atoms with E-state index >= 15 is 0 Å². The number of carbonyl (C=O) groups is 1. The summed E-state index contributed by atoms with van der Waals surface area (Å²) in [5, 5.41) is 2.77. The van der Waals surface area contributed by atoms with Crippen LogP contribution in [-0.2, 0) is 9.53 Å². The number of nitrogens with zero attached hydrogens (tertiary/aromatic N) is 1. The summed E-state index contributed by atoms with van der Waals surface area (Å²) < 4.78 is 41.4. The van der Waals surface area contributed by atoms with Gasteiger partial charge in [0.1, 0.15) is 0 Å². The predicted molar refractivity (Wildman–Crippen MR) is 81.1 cm³/mol. The first-order chi connectivity index (χ1) is 9.73. The maximum Gasteiger partial charge on any atom is 0.389 e. The molecule has 0 aromatic heterocycles. The second kappa shape index (κ2) is 9.57. The van der Waals surface area contributed by atoms with Gasteiger partial charge in [0.05, 0.1) is 13.0 Å². The number of hydrogen-bond acceptors (Lipinski definition) is 3. The molecule has 8 heteroatoms. The van der Waals surface area contributed by atoms with Crippen molar-refractivity contribution in [2.24, 2.45) is 11.8 Å². The quantitative estimate of drug-likeness (QED) is 0.770. The van der Waals surface area contributed by atoms with Gasteiger partial charge in [-0.3, -0.25) is 9.69 Å². The summed E-state index contributed by atoms with van der Waals surface area (Å²) in [4.78, 5) is 13.9. The molecule has 22 heavy (non-hydrogen) atoms. The summed E-state index contributed by atoms with van der Waals surface area (Å²) in [5.74, 6) is 0.110. The van der Waals surface area contributed by atoms with Crippen molar-refractivity contribution < 1.29 is 22.7 Å². The van der Waals surface area contributed by atoms with Crippen LogP contribution in [0.15, 0.2) is 0 Å². The van der Waals surface area contributed by atoms with Gasteiger partial charge in [-0.05, 0) is 11.8 Å². The molecule has 0 saturated carbocycles. The second-order valence-electron chi connectivity index (χ2n) is 5.95. The Morgan fingerprint density at radius 3 is 2.50 bits per heavy atom. The number of carbonyl (C=O) groups excluding carboxylic acids is 1. The normalized spacial score (nSPS) is 22.7. The highest BCUT2D eigenvalue weighted by Gasteiger charge is 2.36. The predicted octanol–water partition coefficient (Wildman–Crippen LogP) is 2.47. The molecular weight excluding hydrogens is 321 g/mol. The van der Waals surface area contributed by atoms with Crippen molar-refractivity contribution in [1.29, 1.82) is 0 Å². The molecule has 1 saturated heterocycles. The summed E-state index contributed by atoms with van der Waals surface area (Å²) in [7, 11) is 1.63. The third-order valence-corrected chi connectivity index (χ3v) is 3.89. The third-order valence-electron chi connectivity index (χ3n) is 3.89. The van der Waals surface area contributed by atoms with Gasteiger partial charge >= 0.3 is 6.18 Å². The number of alkyl halides is 3. The lowest BCUT2D eigenvalue weighted by Crippen LogP contribution is -2.42. The maximum atomic E-state index is 12.1. The minimum atomic E-state index is -4.28. The van der Waals surface area contributed by atoms with E-state index in [-0.39, 0.29) is 24.4 Å². The molecule has 1 N–H and O–H groups in total. The van der Waals surface area contributed by atoms with Crippen molar-refractivity contribution in [1.82, 2.24) is 10.2 Å². The average Bonchev–Trinajstić information content (AvgIpc) is 2.76. The Kier molecular flexibility index (Phi) is 9.34. The lowest BCUT2D eigenvalue weighted by Gasteiger charge is -2.23. The molecular formula is C14H26ClF3N2O2. The zero-order valence-corrected chi connectivity index (χ0v) is 14.1. The van der Waals surface area contributed by atoms with Crippen LogP contribution in [0.4, 0.5) is 13.2 Å². The van der Waals surface area contributed by atoms with Crippen LogP contribution in [0.25, 0.3) is 0 Å². The van der Waals surface area contributed by atoms with Crippen LogP contribution in [0, 0.1) is 11.8 Å². The van der Waals surface area contributed by atoms with E-state index in [0.29, 0.717) is 19.1 Å². The molecule has 1 fully saturated rings. The lowest BCUT2D eigenvalue weighted by atomic mass is 9.91. The Balaban J connectivity index is 0.00000441. The smallest absolute Gasteiger partial charge is 0.383 e. The molecule has 0 aromatic carbocycles. The first-order valence-electron chi connectivity index (χ1n) is 7.30. The fraction of sp³-hybridized carbons (Fsp3) is 0.929. The highest BCUT2D eigenvalue weighted by Crippen LogP contribution is 2.25. The molecule has 0 aliphatic carbocycles. The van der Waals surface area contributed by atoms with Crippen molar-refractivity contribution in [2.75, 3.05) is 33.4 Å². The Morgan fingerprint density at radius 1 is 1.36 bits per heavy atom. The molecule has 0 spiro atoms. The third kappa shape index (κ3) is 7.65. The zero-order valence-electron chi connectivity index (χ0n) is 13.3. The van der Waals surface area contributed by atoms with E-state index in [9.17, 15) is 18.0 Å². The summed E-state index contributed by atoms with van der Waals surface area (Å²) in [6, 6.07) is -0.0809. The monoisotopic (exact) mass is 346 g/mol. The molecule has 132 valence electrons. The summed E-state index contributed by atoms with van der Waals surface area (Å²) in [6.45, 7) is 7.03. The second-order valence-corrected chi connectivity index (χ2v) is 5.95. The van der Waals surface area contributed by atoms with E-state index in [4.69, 9.17) is 4.74 Å². The van der Waals surface area contributed by atoms with E-state index < -0.39 is 24.9 Å². The molecule has 1 amide bonds. The van der Waals surface area contributed by atoms with E-state index in [0.717, 1.165) is 13.1 Å². The van der Waals surface area contributed by atoms with Crippen LogP contribution in [-0.4, -0.2) is 56.4 Å². The largest absolute Gasteiger partial charge is 0.389 e. The number of ether oxygens (including phenoxy) is 1. The summed E-state index contributed by atoms with van der Waals surface area (Å²) in [5.41, 5.74) is 0. The summed E-state index contributed by atoms with van der Waals surface area (Å²) >= 11 is 0. The summed E-state index contributed by atoms with van der Waals surface area (Å²) in [6.07, 6.45) is -5.84. The van der Waals surface area contributed by atoms with Crippen molar-refractivity contribution in [3.63, 3.8) is 0 Å². The molecule has 1 aliphatic heterocycles. The van der Waals surface area contributed by atoms with Gasteiger partial charge in [0.25, 0.3) is 0 Å². The Bertz CT molecular complexity index is 341. The van der Waals surface area contributed by atoms with E-state index in [1.54, 1.807) is 7.11 Å². The first kappa shape index (κ1) is 21.5. The molecule has 1 aliphatic rings. The molecule has 0 radical (unpaired) electrons. The molecule has 1 rings (SSSR count). The van der Waals surface area contributed by atoms with Gasteiger partial charge in [0.15, 0.2) is 0 Å². The van der Waals surface area contributed by atoms with E-state index in [1.807, 2.05) is 0 Å². The molecule has 0 aromatic rings. The van der Waals surface area contributed by atoms with Crippen LogP contribution in [0.5, 0.6) is 0 Å². The van der Waals surface area contributed by atoms with Gasteiger partial charge in [-0.15, -0.1) is 12.4 Å². The molecule has 0 unspecified atom stereocenters. The average molecular weight is 347 g/mol. The fourth-order valence-electron chi connectivity index (χ4n) is 2.68. The first-order valence-corrected chi connectivity index (χ1v) is 7.30. The Labute approximate surface area is 136 Å². The van der Waals surface area contributed by atoms with Crippen molar-refractivity contribution in [3.8, 4) is 0 Å². The minimum absolute atomic E-state index is 0. The lowest BCUT2D eigenvalue weighted by molar-refractivity contribution is -0.144. The van der Waals surface area contributed by atoms with Crippen molar-refractivity contribution in [2.45, 2.75) is 38.9 Å². The number of methoxy groups -OCH3 is 1. The van der Waals surface area contributed by atoms with Gasteiger partial charge in [0, 0.05) is 39.2 Å². The Morgan fingerprint density at radius 2 is 2.00 bits per heavy atom. The zero-order chi connectivity index (χ0) is 16.0. The van der Waals surface area contributed by atoms with Gasteiger partial charge in [-0.2, -0.15) is 13.2 Å². The molecule has 2 atom stereocenters. The standard InChI is InChI=1S/C14H25F3N2O2.ClH/c1-10(2)11-8-19(6-7-21-3)9-12(11)18-13(20)4-5-14(15,16)17;/h10-12H,4-9H2,1-3H3,(H,18,20);1H/t11-,12+;/m1./s1. The SMILES string of the molecule is COCCN1C[C@H](NC(=O)CCC(F)(F)F)[C@@H](C(C)C)C1.Cl.